The number of carbonyl (C=O) groups is 1. The van der Waals surface area contributed by atoms with Gasteiger partial charge in [-0.3, -0.25) is 9.69 Å². The van der Waals surface area contributed by atoms with Crippen molar-refractivity contribution in [1.29, 1.82) is 0 Å². The lowest BCUT2D eigenvalue weighted by Crippen LogP contribution is -2.52. The van der Waals surface area contributed by atoms with Gasteiger partial charge in [0.25, 0.3) is 0 Å². The van der Waals surface area contributed by atoms with E-state index < -0.39 is 0 Å². The minimum Gasteiger partial charge on any atom is -0.493 e. The van der Waals surface area contributed by atoms with Crippen LogP contribution in [0.3, 0.4) is 0 Å². The van der Waals surface area contributed by atoms with Crippen LogP contribution in [0, 0.1) is 11.8 Å². The molecule has 1 saturated heterocycles. The number of nitrogens with zero attached hydrogens (tertiary/aromatic N) is 3. The zero-order valence-corrected chi connectivity index (χ0v) is 22.3. The van der Waals surface area contributed by atoms with Crippen LogP contribution in [0.1, 0.15) is 36.8 Å². The summed E-state index contributed by atoms with van der Waals surface area (Å²) in [5.41, 5.74) is 3.30. The predicted octanol–water partition coefficient (Wildman–Crippen LogP) is 4.60. The normalized spacial score (nSPS) is 22.1. The van der Waals surface area contributed by atoms with E-state index in [0.29, 0.717) is 17.1 Å². The highest BCUT2D eigenvalue weighted by Gasteiger charge is 2.42. The number of benzene rings is 2. The molecular weight excluding hydrogens is 494 g/mol. The zero-order valence-electron chi connectivity index (χ0n) is 22.3. The second-order valence-corrected chi connectivity index (χ2v) is 10.5. The van der Waals surface area contributed by atoms with Gasteiger partial charge in [-0.05, 0) is 61.6 Å². The summed E-state index contributed by atoms with van der Waals surface area (Å²) in [7, 11) is 3.26. The van der Waals surface area contributed by atoms with E-state index >= 15 is 0 Å². The average molecular weight is 528 g/mol. The van der Waals surface area contributed by atoms with Crippen LogP contribution in [0.25, 0.3) is 11.0 Å². The molecule has 2 unspecified atom stereocenters. The first kappa shape index (κ1) is 25.4. The Morgan fingerprint density at radius 2 is 1.64 bits per heavy atom. The van der Waals surface area contributed by atoms with Crippen molar-refractivity contribution in [2.24, 2.45) is 16.9 Å². The summed E-state index contributed by atoms with van der Waals surface area (Å²) in [5, 5.41) is 7.74. The summed E-state index contributed by atoms with van der Waals surface area (Å²) in [6, 6.07) is 15.2. The summed E-state index contributed by atoms with van der Waals surface area (Å²) < 4.78 is 16.4. The third-order valence-electron chi connectivity index (χ3n) is 8.22. The van der Waals surface area contributed by atoms with E-state index in [0.717, 1.165) is 67.5 Å². The smallest absolute Gasteiger partial charge is 0.336 e. The SMILES string of the molecule is COc1ccc(C2=NN(C3CCN(Cc4ccc5ccc(=O)oc5c4)CC3)C(=O)C3CC=CCC23)cc1OC. The molecule has 1 fully saturated rings. The molecule has 0 saturated carbocycles. The number of rotatable bonds is 6. The molecule has 202 valence electrons. The Morgan fingerprint density at radius 1 is 0.897 bits per heavy atom. The number of methoxy groups -OCH3 is 2. The van der Waals surface area contributed by atoms with Gasteiger partial charge < -0.3 is 13.9 Å². The maximum Gasteiger partial charge on any atom is 0.336 e. The fourth-order valence-corrected chi connectivity index (χ4v) is 6.11. The van der Waals surface area contributed by atoms with Gasteiger partial charge in [-0.25, -0.2) is 9.80 Å². The Kier molecular flexibility index (Phi) is 6.95. The van der Waals surface area contributed by atoms with Gasteiger partial charge in [0.2, 0.25) is 5.91 Å². The molecule has 1 aliphatic carbocycles. The average Bonchev–Trinajstić information content (AvgIpc) is 2.97. The van der Waals surface area contributed by atoms with Crippen LogP contribution in [0.15, 0.2) is 75.0 Å². The molecule has 3 aliphatic rings. The number of ether oxygens (including phenoxy) is 2. The van der Waals surface area contributed by atoms with E-state index in [4.69, 9.17) is 19.0 Å². The molecule has 1 aromatic heterocycles. The number of amides is 1. The minimum absolute atomic E-state index is 0.0601. The van der Waals surface area contributed by atoms with Crippen molar-refractivity contribution in [3.8, 4) is 11.5 Å². The first-order valence-corrected chi connectivity index (χ1v) is 13.6. The first-order valence-electron chi connectivity index (χ1n) is 13.6. The number of fused-ring (bicyclic) bond motifs is 2. The van der Waals surface area contributed by atoms with Crippen molar-refractivity contribution in [2.75, 3.05) is 27.3 Å². The fourth-order valence-electron chi connectivity index (χ4n) is 6.11. The third-order valence-corrected chi connectivity index (χ3v) is 8.22. The molecule has 2 aliphatic heterocycles. The number of piperidine rings is 1. The lowest BCUT2D eigenvalue weighted by Gasteiger charge is -2.42. The van der Waals surface area contributed by atoms with Gasteiger partial charge in [-0.2, -0.15) is 5.10 Å². The number of likely N-dealkylation sites (tertiary alicyclic amines) is 1. The van der Waals surface area contributed by atoms with Crippen LogP contribution < -0.4 is 15.1 Å². The van der Waals surface area contributed by atoms with Crippen LogP contribution in [-0.2, 0) is 11.3 Å². The molecule has 2 atom stereocenters. The van der Waals surface area contributed by atoms with Crippen molar-refractivity contribution in [2.45, 2.75) is 38.3 Å². The molecule has 3 heterocycles. The van der Waals surface area contributed by atoms with Gasteiger partial charge in [0.15, 0.2) is 11.5 Å². The van der Waals surface area contributed by atoms with Crippen LogP contribution in [0.4, 0.5) is 0 Å². The molecule has 0 N–H and O–H groups in total. The summed E-state index contributed by atoms with van der Waals surface area (Å²) >= 11 is 0. The second kappa shape index (κ2) is 10.7. The molecule has 8 nitrogen and oxygen atoms in total. The standard InChI is InChI=1S/C31H33N3O5/c1-37-26-11-9-22(18-28(26)38-2)30-24-5-3-4-6-25(24)31(36)34(32-30)23-13-15-33(16-14-23)19-20-7-8-21-10-12-29(35)39-27(21)17-20/h3-4,7-12,17-18,23-25H,5-6,13-16,19H2,1-2H3. The fraction of sp³-hybridized carbons (Fsp3) is 0.387. The number of carbonyl (C=O) groups excluding carboxylic acids is 1. The highest BCUT2D eigenvalue weighted by Crippen LogP contribution is 2.38. The van der Waals surface area contributed by atoms with Crippen LogP contribution in [0.5, 0.6) is 11.5 Å². The van der Waals surface area contributed by atoms with Gasteiger partial charge in [-0.15, -0.1) is 0 Å². The largest absolute Gasteiger partial charge is 0.493 e. The second-order valence-electron chi connectivity index (χ2n) is 10.5. The molecule has 6 rings (SSSR count). The van der Waals surface area contributed by atoms with Crippen molar-refractivity contribution in [3.05, 3.63) is 82.2 Å². The molecule has 0 spiro atoms. The first-order chi connectivity index (χ1) is 19.0. The van der Waals surface area contributed by atoms with Gasteiger partial charge in [0.05, 0.1) is 31.9 Å². The topological polar surface area (TPSA) is 84.6 Å². The monoisotopic (exact) mass is 527 g/mol. The van der Waals surface area contributed by atoms with Gasteiger partial charge in [-0.1, -0.05) is 24.3 Å². The van der Waals surface area contributed by atoms with Gasteiger partial charge >= 0.3 is 5.63 Å². The molecule has 0 bridgehead atoms. The Balaban J connectivity index is 1.21. The van der Waals surface area contributed by atoms with E-state index in [1.807, 2.05) is 30.3 Å². The van der Waals surface area contributed by atoms with E-state index in [9.17, 15) is 9.59 Å². The molecular formula is C31H33N3O5. The van der Waals surface area contributed by atoms with E-state index in [2.05, 4.69) is 23.1 Å². The van der Waals surface area contributed by atoms with Crippen LogP contribution in [0.2, 0.25) is 0 Å². The molecule has 8 heteroatoms. The lowest BCUT2D eigenvalue weighted by molar-refractivity contribution is -0.141. The maximum atomic E-state index is 13.7. The summed E-state index contributed by atoms with van der Waals surface area (Å²) in [6.45, 7) is 2.49. The lowest BCUT2D eigenvalue weighted by atomic mass is 9.76. The Labute approximate surface area is 227 Å². The highest BCUT2D eigenvalue weighted by atomic mass is 16.5. The van der Waals surface area contributed by atoms with Crippen molar-refractivity contribution < 1.29 is 18.7 Å². The maximum absolute atomic E-state index is 13.7. The van der Waals surface area contributed by atoms with Crippen molar-refractivity contribution >= 4 is 22.6 Å². The van der Waals surface area contributed by atoms with Crippen LogP contribution >= 0.6 is 0 Å². The number of hydrogen-bond donors (Lipinski definition) is 0. The minimum atomic E-state index is -0.338. The molecule has 3 aromatic rings. The Hall–Kier alpha value is -3.91. The Bertz CT molecular complexity index is 1500. The van der Waals surface area contributed by atoms with Gasteiger partial charge in [0, 0.05) is 42.6 Å². The molecule has 0 radical (unpaired) electrons. The van der Waals surface area contributed by atoms with Crippen LogP contribution in [-0.4, -0.2) is 54.9 Å². The van der Waals surface area contributed by atoms with Crippen molar-refractivity contribution in [1.82, 2.24) is 9.91 Å². The highest BCUT2D eigenvalue weighted by molar-refractivity contribution is 6.07. The molecule has 39 heavy (non-hydrogen) atoms. The predicted molar refractivity (Wildman–Crippen MR) is 149 cm³/mol. The zero-order chi connectivity index (χ0) is 26.9. The summed E-state index contributed by atoms with van der Waals surface area (Å²) in [6.07, 6.45) is 7.54. The summed E-state index contributed by atoms with van der Waals surface area (Å²) in [5.74, 6) is 1.43. The molecule has 1 amide bonds. The van der Waals surface area contributed by atoms with E-state index in [1.165, 1.54) is 6.07 Å². The number of hydrazone groups is 1. The van der Waals surface area contributed by atoms with Crippen molar-refractivity contribution in [3.63, 3.8) is 0 Å². The summed E-state index contributed by atoms with van der Waals surface area (Å²) in [4.78, 5) is 27.7. The quantitative estimate of drug-likeness (QED) is 0.344. The van der Waals surface area contributed by atoms with Gasteiger partial charge in [0.1, 0.15) is 5.58 Å². The Morgan fingerprint density at radius 3 is 2.41 bits per heavy atom. The molecule has 2 aromatic carbocycles. The van der Waals surface area contributed by atoms with E-state index in [1.54, 1.807) is 25.3 Å². The number of allylic oxidation sites excluding steroid dienone is 2. The number of hydrogen-bond acceptors (Lipinski definition) is 7. The third kappa shape index (κ3) is 4.96. The van der Waals surface area contributed by atoms with E-state index in [-0.39, 0.29) is 29.4 Å².